The molecule has 0 unspecified atom stereocenters. The van der Waals surface area contributed by atoms with Gasteiger partial charge in [-0.05, 0) is 49.8 Å². The lowest BCUT2D eigenvalue weighted by molar-refractivity contribution is -0.682. The van der Waals surface area contributed by atoms with Gasteiger partial charge in [0.1, 0.15) is 7.05 Å². The van der Waals surface area contributed by atoms with Gasteiger partial charge < -0.3 is 0 Å². The van der Waals surface area contributed by atoms with Crippen molar-refractivity contribution in [2.75, 3.05) is 6.26 Å². The van der Waals surface area contributed by atoms with Gasteiger partial charge in [0.15, 0.2) is 0 Å². The molecule has 0 fully saturated rings. The molecule has 0 radical (unpaired) electrons. The minimum atomic E-state index is 1.28. The Morgan fingerprint density at radius 2 is 1.55 bits per heavy atom. The van der Waals surface area contributed by atoms with Crippen LogP contribution < -0.4 is 4.57 Å². The normalized spacial score (nSPS) is 11.1. The van der Waals surface area contributed by atoms with E-state index in [2.05, 4.69) is 81.1 Å². The van der Waals surface area contributed by atoms with Gasteiger partial charge in [0.25, 0.3) is 0 Å². The number of fused-ring (bicyclic) bond motifs is 1. The van der Waals surface area contributed by atoms with Gasteiger partial charge in [-0.25, -0.2) is 0 Å². The quantitative estimate of drug-likeness (QED) is 0.477. The van der Waals surface area contributed by atoms with Gasteiger partial charge in [-0.3, -0.25) is 0 Å². The first kappa shape index (κ1) is 15.1. The summed E-state index contributed by atoms with van der Waals surface area (Å²) in [6.07, 6.45) is 2.15. The molecule has 0 bridgehead atoms. The van der Waals surface area contributed by atoms with Gasteiger partial charge >= 0.3 is 0 Å². The third-order valence-electron chi connectivity index (χ3n) is 4.25. The van der Waals surface area contributed by atoms with Gasteiger partial charge in [-0.1, -0.05) is 47.7 Å². The molecule has 2 aromatic carbocycles. The molecular weight excluding hydrogens is 286 g/mol. The molecule has 0 saturated heterocycles. The van der Waals surface area contributed by atoms with E-state index in [0.29, 0.717) is 0 Å². The standard InChI is InChI=1S/C20H22NS/c1-13-6-8-16(9-7-13)18-12-17-15(3)10-14(2)11-19(17)21(4)20(18)22-5/h6-12H,1-5H3/q+1. The van der Waals surface area contributed by atoms with E-state index < -0.39 is 0 Å². The molecule has 1 heterocycles. The number of aromatic nitrogens is 1. The lowest BCUT2D eigenvalue weighted by Crippen LogP contribution is -2.32. The van der Waals surface area contributed by atoms with Crippen molar-refractivity contribution in [1.29, 1.82) is 0 Å². The number of pyridine rings is 1. The van der Waals surface area contributed by atoms with Crippen LogP contribution in [0.25, 0.3) is 22.0 Å². The molecule has 22 heavy (non-hydrogen) atoms. The molecule has 3 rings (SSSR count). The average molecular weight is 308 g/mol. The summed E-state index contributed by atoms with van der Waals surface area (Å²) in [5.41, 5.74) is 7.85. The van der Waals surface area contributed by atoms with Gasteiger partial charge in [0.2, 0.25) is 10.5 Å². The Morgan fingerprint density at radius 1 is 0.864 bits per heavy atom. The molecule has 0 amide bonds. The van der Waals surface area contributed by atoms with Crippen LogP contribution in [0.15, 0.2) is 47.5 Å². The predicted molar refractivity (Wildman–Crippen MR) is 96.6 cm³/mol. The Hall–Kier alpha value is -1.80. The number of hydrogen-bond acceptors (Lipinski definition) is 1. The lowest BCUT2D eigenvalue weighted by atomic mass is 10.0. The highest BCUT2D eigenvalue weighted by Crippen LogP contribution is 2.32. The zero-order chi connectivity index (χ0) is 15.9. The SMILES string of the molecule is CSc1c(-c2ccc(C)cc2)cc2c(C)cc(C)cc2[n+]1C. The minimum absolute atomic E-state index is 1.28. The predicted octanol–water partition coefficient (Wildman–Crippen LogP) is 4.98. The average Bonchev–Trinajstić information content (AvgIpc) is 2.49. The maximum atomic E-state index is 2.35. The van der Waals surface area contributed by atoms with E-state index in [9.17, 15) is 0 Å². The fraction of sp³-hybridized carbons (Fsp3) is 0.250. The molecule has 0 saturated carbocycles. The Labute approximate surface area is 137 Å². The second kappa shape index (κ2) is 5.77. The highest BCUT2D eigenvalue weighted by molar-refractivity contribution is 7.98. The van der Waals surface area contributed by atoms with Crippen molar-refractivity contribution < 1.29 is 4.57 Å². The van der Waals surface area contributed by atoms with Crippen LogP contribution in [0.3, 0.4) is 0 Å². The van der Waals surface area contributed by atoms with Gasteiger partial charge in [-0.2, -0.15) is 4.57 Å². The van der Waals surface area contributed by atoms with Crippen molar-refractivity contribution in [2.24, 2.45) is 7.05 Å². The number of aryl methyl sites for hydroxylation is 4. The van der Waals surface area contributed by atoms with Gasteiger partial charge in [0, 0.05) is 11.5 Å². The van der Waals surface area contributed by atoms with Crippen molar-refractivity contribution >= 4 is 22.7 Å². The number of thioether (sulfide) groups is 1. The number of benzene rings is 2. The molecule has 0 aliphatic carbocycles. The van der Waals surface area contributed by atoms with E-state index >= 15 is 0 Å². The summed E-state index contributed by atoms with van der Waals surface area (Å²) >= 11 is 1.81. The van der Waals surface area contributed by atoms with E-state index in [-0.39, 0.29) is 0 Å². The first-order chi connectivity index (χ1) is 10.5. The fourth-order valence-electron chi connectivity index (χ4n) is 3.10. The van der Waals surface area contributed by atoms with Gasteiger partial charge in [0.05, 0.1) is 5.56 Å². The molecule has 2 heteroatoms. The van der Waals surface area contributed by atoms with Crippen LogP contribution in [0.2, 0.25) is 0 Å². The smallest absolute Gasteiger partial charge is 0.188 e. The molecule has 0 N–H and O–H groups in total. The van der Waals surface area contributed by atoms with Crippen LogP contribution in [0.1, 0.15) is 16.7 Å². The largest absolute Gasteiger partial charge is 0.247 e. The van der Waals surface area contributed by atoms with Crippen molar-refractivity contribution in [3.63, 3.8) is 0 Å². The van der Waals surface area contributed by atoms with E-state index in [1.807, 2.05) is 11.8 Å². The summed E-state index contributed by atoms with van der Waals surface area (Å²) in [6.45, 7) is 6.50. The Bertz CT molecular complexity index is 848. The fourth-order valence-corrected chi connectivity index (χ4v) is 3.87. The number of rotatable bonds is 2. The highest BCUT2D eigenvalue weighted by Gasteiger charge is 2.20. The maximum Gasteiger partial charge on any atom is 0.247 e. The second-order valence-electron chi connectivity index (χ2n) is 6.01. The van der Waals surface area contributed by atoms with E-state index in [4.69, 9.17) is 0 Å². The third-order valence-corrected chi connectivity index (χ3v) is 5.13. The van der Waals surface area contributed by atoms with Crippen molar-refractivity contribution in [2.45, 2.75) is 25.8 Å². The Kier molecular flexibility index (Phi) is 3.96. The topological polar surface area (TPSA) is 3.88 Å². The maximum absolute atomic E-state index is 2.35. The molecule has 0 atom stereocenters. The number of hydrogen-bond donors (Lipinski definition) is 0. The van der Waals surface area contributed by atoms with Crippen LogP contribution in [0.5, 0.6) is 0 Å². The Morgan fingerprint density at radius 3 is 2.18 bits per heavy atom. The molecule has 0 aliphatic heterocycles. The first-order valence-corrected chi connectivity index (χ1v) is 8.78. The van der Waals surface area contributed by atoms with Crippen LogP contribution in [-0.4, -0.2) is 6.26 Å². The van der Waals surface area contributed by atoms with Crippen LogP contribution >= 0.6 is 11.8 Å². The van der Waals surface area contributed by atoms with Gasteiger partial charge in [-0.15, -0.1) is 0 Å². The van der Waals surface area contributed by atoms with Crippen molar-refractivity contribution in [3.05, 3.63) is 59.2 Å². The van der Waals surface area contributed by atoms with Crippen molar-refractivity contribution in [1.82, 2.24) is 0 Å². The van der Waals surface area contributed by atoms with E-state index in [0.717, 1.165) is 0 Å². The summed E-state index contributed by atoms with van der Waals surface area (Å²) in [6, 6.07) is 15.7. The molecule has 112 valence electrons. The highest BCUT2D eigenvalue weighted by atomic mass is 32.2. The molecular formula is C20H22NS+. The zero-order valence-electron chi connectivity index (χ0n) is 13.9. The summed E-state index contributed by atoms with van der Waals surface area (Å²) in [5, 5.41) is 2.64. The molecule has 3 aromatic rings. The van der Waals surface area contributed by atoms with Crippen LogP contribution in [0.4, 0.5) is 0 Å². The molecule has 1 aromatic heterocycles. The van der Waals surface area contributed by atoms with Crippen LogP contribution in [-0.2, 0) is 7.05 Å². The minimum Gasteiger partial charge on any atom is -0.188 e. The summed E-state index contributed by atoms with van der Waals surface area (Å²) in [4.78, 5) is 0. The monoisotopic (exact) mass is 308 g/mol. The van der Waals surface area contributed by atoms with Crippen molar-refractivity contribution in [3.8, 4) is 11.1 Å². The first-order valence-electron chi connectivity index (χ1n) is 7.56. The zero-order valence-corrected chi connectivity index (χ0v) is 14.7. The number of nitrogens with zero attached hydrogens (tertiary/aromatic N) is 1. The third kappa shape index (κ3) is 2.52. The molecule has 1 nitrogen and oxygen atoms in total. The second-order valence-corrected chi connectivity index (χ2v) is 6.80. The lowest BCUT2D eigenvalue weighted by Gasteiger charge is -2.11. The van der Waals surface area contributed by atoms with Crippen LogP contribution in [0, 0.1) is 20.8 Å². The molecule has 0 spiro atoms. The van der Waals surface area contributed by atoms with E-state index in [1.54, 1.807) is 0 Å². The summed E-state index contributed by atoms with van der Waals surface area (Å²) < 4.78 is 2.33. The summed E-state index contributed by atoms with van der Waals surface area (Å²) in [7, 11) is 2.17. The van der Waals surface area contributed by atoms with E-state index in [1.165, 1.54) is 43.7 Å². The summed E-state index contributed by atoms with van der Waals surface area (Å²) in [5.74, 6) is 0. The Balaban J connectivity index is 2.37. The molecule has 0 aliphatic rings.